The number of halogens is 1. The van der Waals surface area contributed by atoms with Gasteiger partial charge in [0.25, 0.3) is 0 Å². The number of amides is 1. The third-order valence-electron chi connectivity index (χ3n) is 4.41. The lowest BCUT2D eigenvalue weighted by Gasteiger charge is -2.32. The second kappa shape index (κ2) is 9.69. The molecule has 2 rings (SSSR count). The number of nitrogens with one attached hydrogen (secondary N) is 1. The first-order valence-electron chi connectivity index (χ1n) is 8.84. The molecule has 1 aliphatic heterocycles. The van der Waals surface area contributed by atoms with Crippen LogP contribution in [0.2, 0.25) is 0 Å². The first kappa shape index (κ1) is 20.4. The minimum atomic E-state index is -3.47. The van der Waals surface area contributed by atoms with Gasteiger partial charge in [-0.25, -0.2) is 8.42 Å². The minimum Gasteiger partial charge on any atom is -0.352 e. The van der Waals surface area contributed by atoms with Crippen molar-refractivity contribution in [3.8, 4) is 0 Å². The van der Waals surface area contributed by atoms with Gasteiger partial charge in [0.1, 0.15) is 5.75 Å². The Bertz CT molecular complexity index is 671. The van der Waals surface area contributed by atoms with Crippen molar-refractivity contribution in [2.45, 2.75) is 44.4 Å². The van der Waals surface area contributed by atoms with Crippen LogP contribution < -0.4 is 5.32 Å². The average Bonchev–Trinajstić information content (AvgIpc) is 2.53. The maximum absolute atomic E-state index is 12.2. The molecular formula is C18H27BrN2O3S. The number of unbranched alkanes of at least 4 members (excludes halogenated alkanes) is 1. The summed E-state index contributed by atoms with van der Waals surface area (Å²) < 4.78 is 25.3. The molecule has 1 aromatic rings. The van der Waals surface area contributed by atoms with Crippen molar-refractivity contribution in [1.29, 1.82) is 0 Å². The molecule has 0 unspecified atom stereocenters. The quantitative estimate of drug-likeness (QED) is 0.688. The predicted molar refractivity (Wildman–Crippen MR) is 104 cm³/mol. The van der Waals surface area contributed by atoms with E-state index in [0.29, 0.717) is 5.56 Å². The third-order valence-corrected chi connectivity index (χ3v) is 6.38. The van der Waals surface area contributed by atoms with Gasteiger partial charge in [0, 0.05) is 23.6 Å². The Hall–Kier alpha value is -0.920. The molecule has 0 aliphatic carbocycles. The zero-order valence-electron chi connectivity index (χ0n) is 14.7. The van der Waals surface area contributed by atoms with E-state index >= 15 is 0 Å². The van der Waals surface area contributed by atoms with Crippen LogP contribution in [0.1, 0.15) is 38.2 Å². The van der Waals surface area contributed by atoms with E-state index in [-0.39, 0.29) is 17.7 Å². The highest BCUT2D eigenvalue weighted by atomic mass is 79.9. The smallest absolute Gasteiger partial charge is 0.235 e. The van der Waals surface area contributed by atoms with Crippen LogP contribution in [-0.2, 0) is 20.4 Å². The molecule has 0 bridgehead atoms. The van der Waals surface area contributed by atoms with E-state index in [1.807, 2.05) is 6.07 Å². The molecule has 1 N–H and O–H groups in total. The number of piperidine rings is 1. The minimum absolute atomic E-state index is 0.0893. The topological polar surface area (TPSA) is 66.5 Å². The average molecular weight is 431 g/mol. The zero-order chi connectivity index (χ0) is 18.3. The molecule has 0 aromatic heterocycles. The highest BCUT2D eigenvalue weighted by Crippen LogP contribution is 2.15. The largest absolute Gasteiger partial charge is 0.352 e. The predicted octanol–water partition coefficient (Wildman–Crippen LogP) is 2.74. The summed E-state index contributed by atoms with van der Waals surface area (Å²) in [5, 5.41) is 2.89. The Morgan fingerprint density at radius 3 is 2.68 bits per heavy atom. The summed E-state index contributed by atoms with van der Waals surface area (Å²) in [6.45, 7) is 5.23. The fraction of sp³-hybridized carbons (Fsp3) is 0.611. The maximum atomic E-state index is 12.2. The Labute approximate surface area is 159 Å². The molecule has 0 spiro atoms. The van der Waals surface area contributed by atoms with Crippen molar-refractivity contribution in [2.24, 2.45) is 0 Å². The van der Waals surface area contributed by atoms with Crippen LogP contribution in [-0.4, -0.2) is 50.7 Å². The molecule has 1 aliphatic rings. The van der Waals surface area contributed by atoms with Gasteiger partial charge >= 0.3 is 0 Å². The number of sulfone groups is 1. The van der Waals surface area contributed by atoms with Crippen molar-refractivity contribution >= 4 is 31.7 Å². The number of carbonyl (C=O) groups is 1. The Morgan fingerprint density at radius 2 is 2.04 bits per heavy atom. The van der Waals surface area contributed by atoms with Crippen molar-refractivity contribution in [2.75, 3.05) is 25.4 Å². The fourth-order valence-electron chi connectivity index (χ4n) is 3.08. The standard InChI is InChI=1S/C18H27BrN2O3S/c1-2-3-9-21-10-7-17(8-11-21)20-18(22)14-25(23,24)13-15-5-4-6-16(19)12-15/h4-6,12,17H,2-3,7-11,13-14H2,1H3,(H,20,22). The van der Waals surface area contributed by atoms with Gasteiger partial charge in [-0.2, -0.15) is 0 Å². The second-order valence-corrected chi connectivity index (χ2v) is 9.68. The molecular weight excluding hydrogens is 404 g/mol. The number of likely N-dealkylation sites (tertiary alicyclic amines) is 1. The molecule has 1 saturated heterocycles. The summed E-state index contributed by atoms with van der Waals surface area (Å²) >= 11 is 3.33. The number of hydrogen-bond acceptors (Lipinski definition) is 4. The summed E-state index contributed by atoms with van der Waals surface area (Å²) in [7, 11) is -3.47. The van der Waals surface area contributed by atoms with Crippen LogP contribution in [0.3, 0.4) is 0 Å². The molecule has 1 amide bonds. The molecule has 140 valence electrons. The van der Waals surface area contributed by atoms with E-state index in [2.05, 4.69) is 33.1 Å². The lowest BCUT2D eigenvalue weighted by atomic mass is 10.0. The van der Waals surface area contributed by atoms with Crippen molar-refractivity contribution < 1.29 is 13.2 Å². The molecule has 1 heterocycles. The van der Waals surface area contributed by atoms with Crippen LogP contribution in [0.4, 0.5) is 0 Å². The van der Waals surface area contributed by atoms with Crippen molar-refractivity contribution in [3.63, 3.8) is 0 Å². The molecule has 1 aromatic carbocycles. The van der Waals surface area contributed by atoms with E-state index in [9.17, 15) is 13.2 Å². The van der Waals surface area contributed by atoms with Crippen LogP contribution in [0.5, 0.6) is 0 Å². The number of rotatable bonds is 8. The molecule has 0 radical (unpaired) electrons. The number of hydrogen-bond donors (Lipinski definition) is 1. The monoisotopic (exact) mass is 430 g/mol. The van der Waals surface area contributed by atoms with E-state index in [0.717, 1.165) is 36.9 Å². The number of nitrogens with zero attached hydrogens (tertiary/aromatic N) is 1. The van der Waals surface area contributed by atoms with Gasteiger partial charge in [-0.3, -0.25) is 4.79 Å². The fourth-order valence-corrected chi connectivity index (χ4v) is 4.80. The Kier molecular flexibility index (Phi) is 7.90. The number of carbonyl (C=O) groups excluding carboxylic acids is 1. The summed E-state index contributed by atoms with van der Waals surface area (Å²) in [6, 6.07) is 7.25. The van der Waals surface area contributed by atoms with Crippen LogP contribution >= 0.6 is 15.9 Å². The molecule has 5 nitrogen and oxygen atoms in total. The van der Waals surface area contributed by atoms with Gasteiger partial charge in [-0.05, 0) is 43.5 Å². The SMILES string of the molecule is CCCCN1CCC(NC(=O)CS(=O)(=O)Cc2cccc(Br)c2)CC1. The van der Waals surface area contributed by atoms with Crippen LogP contribution in [0, 0.1) is 0 Å². The van der Waals surface area contributed by atoms with Gasteiger partial charge in [0.2, 0.25) is 5.91 Å². The summed E-state index contributed by atoms with van der Waals surface area (Å²) in [4.78, 5) is 14.5. The third kappa shape index (κ3) is 7.46. The van der Waals surface area contributed by atoms with Crippen LogP contribution in [0.15, 0.2) is 28.7 Å². The summed E-state index contributed by atoms with van der Waals surface area (Å²) in [5.74, 6) is -0.952. The highest BCUT2D eigenvalue weighted by molar-refractivity contribution is 9.10. The Morgan fingerprint density at radius 1 is 1.32 bits per heavy atom. The summed E-state index contributed by atoms with van der Waals surface area (Å²) in [5.41, 5.74) is 0.686. The van der Waals surface area contributed by atoms with Gasteiger partial charge in [0.05, 0.1) is 5.75 Å². The van der Waals surface area contributed by atoms with Crippen molar-refractivity contribution in [3.05, 3.63) is 34.3 Å². The van der Waals surface area contributed by atoms with E-state index in [1.165, 1.54) is 12.8 Å². The first-order chi connectivity index (χ1) is 11.9. The highest BCUT2D eigenvalue weighted by Gasteiger charge is 2.23. The second-order valence-electron chi connectivity index (χ2n) is 6.70. The van der Waals surface area contributed by atoms with E-state index in [4.69, 9.17) is 0 Å². The normalized spacial score (nSPS) is 16.7. The van der Waals surface area contributed by atoms with Gasteiger partial charge in [0.15, 0.2) is 9.84 Å². The van der Waals surface area contributed by atoms with E-state index in [1.54, 1.807) is 18.2 Å². The molecule has 0 saturated carbocycles. The zero-order valence-corrected chi connectivity index (χ0v) is 17.1. The maximum Gasteiger partial charge on any atom is 0.235 e. The van der Waals surface area contributed by atoms with Gasteiger partial charge in [-0.1, -0.05) is 41.4 Å². The molecule has 25 heavy (non-hydrogen) atoms. The molecule has 0 atom stereocenters. The van der Waals surface area contributed by atoms with E-state index < -0.39 is 15.6 Å². The Balaban J connectivity index is 1.78. The van der Waals surface area contributed by atoms with Crippen molar-refractivity contribution in [1.82, 2.24) is 10.2 Å². The molecule has 7 heteroatoms. The van der Waals surface area contributed by atoms with Gasteiger partial charge in [-0.15, -0.1) is 0 Å². The summed E-state index contributed by atoms with van der Waals surface area (Å²) in [6.07, 6.45) is 4.17. The van der Waals surface area contributed by atoms with Gasteiger partial charge < -0.3 is 10.2 Å². The first-order valence-corrected chi connectivity index (χ1v) is 11.5. The lowest BCUT2D eigenvalue weighted by molar-refractivity contribution is -0.119. The van der Waals surface area contributed by atoms with Crippen LogP contribution in [0.25, 0.3) is 0 Å². The number of benzene rings is 1. The molecule has 1 fully saturated rings. The lowest BCUT2D eigenvalue weighted by Crippen LogP contribution is -2.46.